The first kappa shape index (κ1) is 12.5. The monoisotopic (exact) mass is 273 g/mol. The molecule has 0 radical (unpaired) electrons. The summed E-state index contributed by atoms with van der Waals surface area (Å²) in [6.45, 7) is 2.45. The van der Waals surface area contributed by atoms with Crippen molar-refractivity contribution in [3.8, 4) is 5.75 Å². The number of aliphatic hydroxyl groups excluding tert-OH is 1. The van der Waals surface area contributed by atoms with Gasteiger partial charge in [-0.15, -0.1) is 0 Å². The van der Waals surface area contributed by atoms with Gasteiger partial charge in [-0.1, -0.05) is 22.0 Å². The number of nitrogens with one attached hydrogen (secondary N) is 1. The lowest BCUT2D eigenvalue weighted by Gasteiger charge is -2.14. The van der Waals surface area contributed by atoms with Gasteiger partial charge < -0.3 is 15.2 Å². The number of rotatable bonds is 5. The topological polar surface area (TPSA) is 41.5 Å². The summed E-state index contributed by atoms with van der Waals surface area (Å²) < 4.78 is 6.32. The molecule has 0 fully saturated rings. The van der Waals surface area contributed by atoms with Gasteiger partial charge in [0, 0.05) is 10.5 Å². The van der Waals surface area contributed by atoms with E-state index in [1.165, 1.54) is 5.56 Å². The average molecular weight is 274 g/mol. The molecule has 0 amide bonds. The van der Waals surface area contributed by atoms with E-state index >= 15 is 0 Å². The Morgan fingerprint density at radius 3 is 2.80 bits per heavy atom. The van der Waals surface area contributed by atoms with E-state index in [0.29, 0.717) is 12.6 Å². The van der Waals surface area contributed by atoms with E-state index in [-0.39, 0.29) is 6.61 Å². The largest absolute Gasteiger partial charge is 0.491 e. The molecule has 0 spiro atoms. The molecule has 1 atom stereocenters. The molecular weight excluding hydrogens is 258 g/mol. The second-order valence-electron chi connectivity index (χ2n) is 3.27. The Labute approximate surface area is 98.6 Å². The lowest BCUT2D eigenvalue weighted by atomic mass is 10.1. The first-order chi connectivity index (χ1) is 7.19. The highest BCUT2D eigenvalue weighted by Crippen LogP contribution is 2.27. The van der Waals surface area contributed by atoms with Crippen LogP contribution in [0.15, 0.2) is 22.7 Å². The van der Waals surface area contributed by atoms with Gasteiger partial charge in [-0.25, -0.2) is 0 Å². The van der Waals surface area contributed by atoms with Gasteiger partial charge in [0.2, 0.25) is 0 Å². The van der Waals surface area contributed by atoms with Crippen LogP contribution in [0.4, 0.5) is 0 Å². The molecule has 4 heteroatoms. The van der Waals surface area contributed by atoms with E-state index in [9.17, 15) is 0 Å². The molecular formula is C11H16BrNO2. The molecule has 0 aliphatic carbocycles. The first-order valence-corrected chi connectivity index (χ1v) is 5.68. The number of aliphatic hydroxyl groups is 1. The van der Waals surface area contributed by atoms with Gasteiger partial charge in [0.05, 0.1) is 6.61 Å². The van der Waals surface area contributed by atoms with Crippen LogP contribution in [-0.4, -0.2) is 25.4 Å². The third-order valence-electron chi connectivity index (χ3n) is 2.23. The van der Waals surface area contributed by atoms with E-state index in [4.69, 9.17) is 9.84 Å². The van der Waals surface area contributed by atoms with Crippen LogP contribution in [0, 0.1) is 0 Å². The van der Waals surface area contributed by atoms with Gasteiger partial charge in [0.15, 0.2) is 0 Å². The zero-order chi connectivity index (χ0) is 11.3. The summed E-state index contributed by atoms with van der Waals surface area (Å²) in [4.78, 5) is 0. The van der Waals surface area contributed by atoms with Crippen molar-refractivity contribution in [1.29, 1.82) is 0 Å². The Bertz CT molecular complexity index is 317. The number of hydrogen-bond acceptors (Lipinski definition) is 3. The van der Waals surface area contributed by atoms with Crippen LogP contribution in [-0.2, 0) is 0 Å². The van der Waals surface area contributed by atoms with Crippen LogP contribution in [0.5, 0.6) is 5.75 Å². The molecule has 0 saturated heterocycles. The van der Waals surface area contributed by atoms with Gasteiger partial charge in [-0.05, 0) is 31.7 Å². The molecule has 1 aromatic rings. The Kier molecular flexibility index (Phi) is 5.08. The molecule has 84 valence electrons. The van der Waals surface area contributed by atoms with Crippen molar-refractivity contribution in [3.63, 3.8) is 0 Å². The summed E-state index contributed by atoms with van der Waals surface area (Å²) in [5.74, 6) is 0.767. The highest BCUT2D eigenvalue weighted by atomic mass is 79.9. The summed E-state index contributed by atoms with van der Waals surface area (Å²) in [6.07, 6.45) is 0. The van der Waals surface area contributed by atoms with E-state index in [1.807, 2.05) is 25.2 Å². The smallest absolute Gasteiger partial charge is 0.120 e. The van der Waals surface area contributed by atoms with Crippen molar-refractivity contribution in [3.05, 3.63) is 28.2 Å². The maximum atomic E-state index is 8.63. The molecule has 0 aliphatic rings. The minimum Gasteiger partial charge on any atom is -0.491 e. The van der Waals surface area contributed by atoms with Gasteiger partial charge in [0.1, 0.15) is 12.4 Å². The van der Waals surface area contributed by atoms with Crippen molar-refractivity contribution in [2.24, 2.45) is 0 Å². The van der Waals surface area contributed by atoms with E-state index < -0.39 is 0 Å². The first-order valence-electron chi connectivity index (χ1n) is 4.89. The quantitative estimate of drug-likeness (QED) is 0.864. The number of halogens is 1. The fourth-order valence-corrected chi connectivity index (χ4v) is 1.97. The molecule has 0 saturated carbocycles. The predicted octanol–water partition coefficient (Wildman–Crippen LogP) is 2.10. The third-order valence-corrected chi connectivity index (χ3v) is 2.92. The number of benzene rings is 1. The molecule has 0 bridgehead atoms. The summed E-state index contributed by atoms with van der Waals surface area (Å²) in [6, 6.07) is 6.13. The summed E-state index contributed by atoms with van der Waals surface area (Å²) >= 11 is 3.50. The molecule has 1 unspecified atom stereocenters. The molecule has 3 nitrogen and oxygen atoms in total. The Morgan fingerprint density at radius 1 is 1.53 bits per heavy atom. The Morgan fingerprint density at radius 2 is 2.27 bits per heavy atom. The second kappa shape index (κ2) is 6.10. The van der Waals surface area contributed by atoms with Gasteiger partial charge in [-0.3, -0.25) is 0 Å². The number of hydrogen-bond donors (Lipinski definition) is 2. The minimum atomic E-state index is 0.0340. The van der Waals surface area contributed by atoms with Crippen LogP contribution < -0.4 is 10.1 Å². The standard InChI is InChI=1S/C11H16BrNO2/c1-8(13-2)10-4-3-9(7-11(10)12)15-6-5-14/h3-4,7-8,13-14H,5-6H2,1-2H3. The van der Waals surface area contributed by atoms with Crippen molar-refractivity contribution >= 4 is 15.9 Å². The molecule has 15 heavy (non-hydrogen) atoms. The van der Waals surface area contributed by atoms with Crippen LogP contribution >= 0.6 is 15.9 Å². The predicted molar refractivity (Wildman–Crippen MR) is 64.2 cm³/mol. The minimum absolute atomic E-state index is 0.0340. The maximum absolute atomic E-state index is 8.63. The lowest BCUT2D eigenvalue weighted by Crippen LogP contribution is -2.12. The third kappa shape index (κ3) is 3.48. The van der Waals surface area contributed by atoms with Gasteiger partial charge in [0.25, 0.3) is 0 Å². The van der Waals surface area contributed by atoms with E-state index in [0.717, 1.165) is 10.2 Å². The SMILES string of the molecule is CNC(C)c1ccc(OCCO)cc1Br. The molecule has 0 heterocycles. The van der Waals surface area contributed by atoms with Crippen molar-refractivity contribution in [1.82, 2.24) is 5.32 Å². The van der Waals surface area contributed by atoms with Crippen molar-refractivity contribution in [2.45, 2.75) is 13.0 Å². The second-order valence-corrected chi connectivity index (χ2v) is 4.12. The van der Waals surface area contributed by atoms with E-state index in [1.54, 1.807) is 0 Å². The van der Waals surface area contributed by atoms with Crippen molar-refractivity contribution < 1.29 is 9.84 Å². The Balaban J connectivity index is 2.78. The molecule has 0 aromatic heterocycles. The molecule has 1 aromatic carbocycles. The van der Waals surface area contributed by atoms with Crippen molar-refractivity contribution in [2.75, 3.05) is 20.3 Å². The van der Waals surface area contributed by atoms with Crippen LogP contribution in [0.2, 0.25) is 0 Å². The Hall–Kier alpha value is -0.580. The lowest BCUT2D eigenvalue weighted by molar-refractivity contribution is 0.201. The van der Waals surface area contributed by atoms with E-state index in [2.05, 4.69) is 28.2 Å². The highest BCUT2D eigenvalue weighted by molar-refractivity contribution is 9.10. The van der Waals surface area contributed by atoms with Crippen LogP contribution in [0.3, 0.4) is 0 Å². The zero-order valence-electron chi connectivity index (χ0n) is 8.96. The summed E-state index contributed by atoms with van der Waals surface area (Å²) in [5.41, 5.74) is 1.19. The number of ether oxygens (including phenoxy) is 1. The fourth-order valence-electron chi connectivity index (χ4n) is 1.27. The zero-order valence-corrected chi connectivity index (χ0v) is 10.5. The molecule has 1 rings (SSSR count). The van der Waals surface area contributed by atoms with Gasteiger partial charge >= 0.3 is 0 Å². The summed E-state index contributed by atoms with van der Waals surface area (Å²) in [7, 11) is 1.92. The van der Waals surface area contributed by atoms with Gasteiger partial charge in [-0.2, -0.15) is 0 Å². The van der Waals surface area contributed by atoms with Crippen LogP contribution in [0.25, 0.3) is 0 Å². The normalized spacial score (nSPS) is 12.5. The van der Waals surface area contributed by atoms with Crippen LogP contribution in [0.1, 0.15) is 18.5 Å². The fraction of sp³-hybridized carbons (Fsp3) is 0.455. The average Bonchev–Trinajstić information content (AvgIpc) is 2.25. The highest BCUT2D eigenvalue weighted by Gasteiger charge is 2.07. The molecule has 0 aliphatic heterocycles. The molecule has 2 N–H and O–H groups in total. The maximum Gasteiger partial charge on any atom is 0.120 e. The summed E-state index contributed by atoms with van der Waals surface area (Å²) in [5, 5.41) is 11.8.